The molecule has 3 aromatic carbocycles. The largest absolute Gasteiger partial charge is 0.497 e. The van der Waals surface area contributed by atoms with Gasteiger partial charge in [0.2, 0.25) is 7.29 Å². The molecule has 1 N–H and O–H groups in total. The average molecular weight is 323 g/mol. The summed E-state index contributed by atoms with van der Waals surface area (Å²) in [5, 5.41) is 4.80. The molecule has 0 heterocycles. The lowest BCUT2D eigenvalue weighted by atomic mass is 10.3. The fraction of sp³-hybridized carbons (Fsp3) is 0.0526. The summed E-state index contributed by atoms with van der Waals surface area (Å²) in [5.41, 5.74) is 0.793. The molecule has 0 fully saturated rings. The molecule has 3 rings (SSSR count). The Morgan fingerprint density at radius 3 is 1.65 bits per heavy atom. The standard InChI is InChI=1S/C19H18NO2P/c1-22-17-14-12-16(13-15-17)20-23(21,18-8-4-2-5-9-18)19-10-6-3-7-11-19/h2-15H,1H3,(H,20,21). The van der Waals surface area contributed by atoms with Crippen LogP contribution in [-0.2, 0) is 4.57 Å². The molecule has 4 heteroatoms. The normalized spacial score (nSPS) is 11.0. The highest BCUT2D eigenvalue weighted by Crippen LogP contribution is 2.43. The zero-order valence-corrected chi connectivity index (χ0v) is 13.7. The van der Waals surface area contributed by atoms with E-state index in [1.807, 2.05) is 84.9 Å². The van der Waals surface area contributed by atoms with Gasteiger partial charge < -0.3 is 9.82 Å². The Balaban J connectivity index is 2.04. The van der Waals surface area contributed by atoms with Gasteiger partial charge in [0, 0.05) is 16.3 Å². The zero-order valence-electron chi connectivity index (χ0n) is 12.8. The molecule has 0 saturated carbocycles. The molecule has 0 aliphatic carbocycles. The molecule has 0 aliphatic heterocycles. The Labute approximate surface area is 136 Å². The molecule has 0 aliphatic rings. The number of ether oxygens (including phenoxy) is 1. The zero-order chi connectivity index (χ0) is 16.1. The third-order valence-corrected chi connectivity index (χ3v) is 6.24. The number of benzene rings is 3. The maximum atomic E-state index is 13.8. The van der Waals surface area contributed by atoms with E-state index in [0.717, 1.165) is 22.0 Å². The molecule has 0 saturated heterocycles. The number of hydrogen-bond acceptors (Lipinski definition) is 2. The Morgan fingerprint density at radius 2 is 1.22 bits per heavy atom. The highest BCUT2D eigenvalue weighted by atomic mass is 31.2. The van der Waals surface area contributed by atoms with E-state index in [2.05, 4.69) is 5.09 Å². The molecule has 0 amide bonds. The summed E-state index contributed by atoms with van der Waals surface area (Å²) in [4.78, 5) is 0. The van der Waals surface area contributed by atoms with Gasteiger partial charge in [-0.3, -0.25) is 4.57 Å². The molecule has 23 heavy (non-hydrogen) atoms. The predicted molar refractivity (Wildman–Crippen MR) is 96.4 cm³/mol. The number of methoxy groups -OCH3 is 1. The van der Waals surface area contributed by atoms with Crippen LogP contribution in [0.2, 0.25) is 0 Å². The van der Waals surface area contributed by atoms with E-state index in [9.17, 15) is 4.57 Å². The summed E-state index contributed by atoms with van der Waals surface area (Å²) in [6.07, 6.45) is 0. The van der Waals surface area contributed by atoms with Crippen molar-refractivity contribution in [3.8, 4) is 5.75 Å². The lowest BCUT2D eigenvalue weighted by molar-refractivity contribution is 0.415. The van der Waals surface area contributed by atoms with Crippen molar-refractivity contribution in [3.63, 3.8) is 0 Å². The smallest absolute Gasteiger partial charge is 0.227 e. The van der Waals surface area contributed by atoms with Gasteiger partial charge in [-0.15, -0.1) is 0 Å². The van der Waals surface area contributed by atoms with Gasteiger partial charge in [0.25, 0.3) is 0 Å². The maximum absolute atomic E-state index is 13.8. The van der Waals surface area contributed by atoms with Crippen LogP contribution in [0.15, 0.2) is 84.9 Å². The van der Waals surface area contributed by atoms with Gasteiger partial charge in [-0.2, -0.15) is 0 Å². The van der Waals surface area contributed by atoms with Crippen LogP contribution in [0.5, 0.6) is 5.75 Å². The van der Waals surface area contributed by atoms with Crippen molar-refractivity contribution >= 4 is 23.6 Å². The summed E-state index contributed by atoms with van der Waals surface area (Å²) in [6, 6.07) is 26.5. The lowest BCUT2D eigenvalue weighted by Gasteiger charge is -2.21. The highest BCUT2D eigenvalue weighted by molar-refractivity contribution is 7.80. The van der Waals surface area contributed by atoms with Crippen LogP contribution >= 0.6 is 7.29 Å². The van der Waals surface area contributed by atoms with Crippen LogP contribution in [0.1, 0.15) is 0 Å². The topological polar surface area (TPSA) is 38.3 Å². The summed E-state index contributed by atoms with van der Waals surface area (Å²) in [7, 11) is -1.33. The first kappa shape index (κ1) is 15.4. The van der Waals surface area contributed by atoms with E-state index in [1.165, 1.54) is 0 Å². The molecule has 0 bridgehead atoms. The third-order valence-electron chi connectivity index (χ3n) is 3.62. The van der Waals surface area contributed by atoms with Crippen molar-refractivity contribution in [3.05, 3.63) is 84.9 Å². The summed E-state index contributed by atoms with van der Waals surface area (Å²) in [5.74, 6) is 0.768. The molecule has 0 atom stereocenters. The second-order valence-corrected chi connectivity index (χ2v) is 7.60. The minimum Gasteiger partial charge on any atom is -0.497 e. The first-order valence-corrected chi connectivity index (χ1v) is 9.07. The average Bonchev–Trinajstić information content (AvgIpc) is 2.64. The first-order valence-electron chi connectivity index (χ1n) is 7.36. The van der Waals surface area contributed by atoms with Crippen molar-refractivity contribution in [2.45, 2.75) is 0 Å². The molecule has 0 radical (unpaired) electrons. The molecule has 116 valence electrons. The Hall–Kier alpha value is -2.51. The Bertz CT molecular complexity index is 758. The lowest BCUT2D eigenvalue weighted by Crippen LogP contribution is -2.21. The summed E-state index contributed by atoms with van der Waals surface area (Å²) < 4.78 is 19.0. The second kappa shape index (κ2) is 6.72. The van der Waals surface area contributed by atoms with Crippen LogP contribution < -0.4 is 20.4 Å². The van der Waals surface area contributed by atoms with Gasteiger partial charge in [-0.05, 0) is 48.5 Å². The van der Waals surface area contributed by atoms with E-state index in [1.54, 1.807) is 7.11 Å². The minimum atomic E-state index is -2.96. The van der Waals surface area contributed by atoms with Gasteiger partial charge in [-0.25, -0.2) is 0 Å². The van der Waals surface area contributed by atoms with Crippen molar-refractivity contribution in [1.82, 2.24) is 0 Å². The van der Waals surface area contributed by atoms with Crippen molar-refractivity contribution in [1.29, 1.82) is 0 Å². The van der Waals surface area contributed by atoms with Gasteiger partial charge in [-0.1, -0.05) is 36.4 Å². The fourth-order valence-corrected chi connectivity index (χ4v) is 4.65. The van der Waals surface area contributed by atoms with Crippen molar-refractivity contribution < 1.29 is 9.30 Å². The van der Waals surface area contributed by atoms with E-state index in [4.69, 9.17) is 4.74 Å². The molecule has 0 unspecified atom stereocenters. The first-order chi connectivity index (χ1) is 11.2. The van der Waals surface area contributed by atoms with E-state index < -0.39 is 7.29 Å². The van der Waals surface area contributed by atoms with Gasteiger partial charge in [0.15, 0.2) is 0 Å². The highest BCUT2D eigenvalue weighted by Gasteiger charge is 2.26. The predicted octanol–water partition coefficient (Wildman–Crippen LogP) is 4.04. The number of rotatable bonds is 5. The number of hydrogen-bond donors (Lipinski definition) is 1. The molecular formula is C19H18NO2P. The van der Waals surface area contributed by atoms with Gasteiger partial charge >= 0.3 is 0 Å². The Kier molecular flexibility index (Phi) is 4.50. The van der Waals surface area contributed by atoms with Crippen LogP contribution in [-0.4, -0.2) is 7.11 Å². The molecular weight excluding hydrogens is 305 g/mol. The molecule has 0 aromatic heterocycles. The van der Waals surface area contributed by atoms with Gasteiger partial charge in [0.05, 0.1) is 7.11 Å². The third kappa shape index (κ3) is 3.30. The van der Waals surface area contributed by atoms with E-state index >= 15 is 0 Å². The molecule has 0 spiro atoms. The fourth-order valence-electron chi connectivity index (χ4n) is 2.40. The van der Waals surface area contributed by atoms with Crippen molar-refractivity contribution in [2.24, 2.45) is 0 Å². The summed E-state index contributed by atoms with van der Waals surface area (Å²) in [6.45, 7) is 0. The van der Waals surface area contributed by atoms with Crippen LogP contribution in [0.3, 0.4) is 0 Å². The van der Waals surface area contributed by atoms with Crippen molar-refractivity contribution in [2.75, 3.05) is 12.2 Å². The van der Waals surface area contributed by atoms with Crippen LogP contribution in [0.25, 0.3) is 0 Å². The van der Waals surface area contributed by atoms with Crippen LogP contribution in [0, 0.1) is 0 Å². The Morgan fingerprint density at radius 1 is 0.739 bits per heavy atom. The minimum absolute atomic E-state index is 0.768. The van der Waals surface area contributed by atoms with Crippen LogP contribution in [0.4, 0.5) is 5.69 Å². The SMILES string of the molecule is COc1ccc(NP(=O)(c2ccccc2)c2ccccc2)cc1. The quantitative estimate of drug-likeness (QED) is 0.720. The second-order valence-electron chi connectivity index (χ2n) is 5.12. The van der Waals surface area contributed by atoms with Gasteiger partial charge in [0.1, 0.15) is 5.75 Å². The molecule has 3 aromatic rings. The number of anilines is 1. The number of nitrogens with one attached hydrogen (secondary N) is 1. The maximum Gasteiger partial charge on any atom is 0.227 e. The van der Waals surface area contributed by atoms with E-state index in [-0.39, 0.29) is 0 Å². The monoisotopic (exact) mass is 323 g/mol. The molecule has 3 nitrogen and oxygen atoms in total. The van der Waals surface area contributed by atoms with E-state index in [0.29, 0.717) is 0 Å². The summed E-state index contributed by atoms with van der Waals surface area (Å²) >= 11 is 0.